The van der Waals surface area contributed by atoms with Crippen LogP contribution in [-0.4, -0.2) is 11.1 Å². The first kappa shape index (κ1) is 6.03. The van der Waals surface area contributed by atoms with Crippen molar-refractivity contribution in [1.82, 2.24) is 4.98 Å². The molecule has 1 aromatic rings. The predicted molar refractivity (Wildman–Crippen MR) is 31.1 cm³/mol. The van der Waals surface area contributed by atoms with Crippen molar-refractivity contribution in [2.45, 2.75) is 0 Å². The van der Waals surface area contributed by atoms with Gasteiger partial charge in [-0.25, -0.2) is 4.98 Å². The Morgan fingerprint density at radius 1 is 1.89 bits per heavy atom. The van der Waals surface area contributed by atoms with Crippen molar-refractivity contribution in [3.8, 4) is 0 Å². The molecule has 0 atom stereocenters. The third kappa shape index (κ3) is 1.69. The van der Waals surface area contributed by atoms with Gasteiger partial charge in [0.15, 0.2) is 5.13 Å². The summed E-state index contributed by atoms with van der Waals surface area (Å²) < 4.78 is 0. The number of amides is 1. The van der Waals surface area contributed by atoms with E-state index < -0.39 is 6.09 Å². The van der Waals surface area contributed by atoms with Gasteiger partial charge in [0.05, 0.1) is 0 Å². The third-order valence-corrected chi connectivity index (χ3v) is 1.33. The first-order chi connectivity index (χ1) is 4.29. The number of rotatable bonds is 1. The highest BCUT2D eigenvalue weighted by Crippen LogP contribution is 2.08. The Balaban J connectivity index is 2.58. The van der Waals surface area contributed by atoms with Crippen molar-refractivity contribution in [2.75, 3.05) is 5.32 Å². The van der Waals surface area contributed by atoms with Gasteiger partial charge in [0, 0.05) is 11.6 Å². The largest absolute Gasteiger partial charge is 0.530 e. The maximum absolute atomic E-state index is 9.81. The molecule has 5 heteroatoms. The van der Waals surface area contributed by atoms with Gasteiger partial charge in [-0.15, -0.1) is 11.3 Å². The van der Waals surface area contributed by atoms with Crippen LogP contribution in [0.1, 0.15) is 0 Å². The zero-order chi connectivity index (χ0) is 6.69. The van der Waals surface area contributed by atoms with E-state index in [1.165, 1.54) is 17.5 Å². The molecule has 0 bridgehead atoms. The molecule has 1 N–H and O–H groups in total. The minimum Gasteiger partial charge on any atom is -0.530 e. The minimum absolute atomic E-state index is 0.343. The summed E-state index contributed by atoms with van der Waals surface area (Å²) in [5.41, 5.74) is 0. The van der Waals surface area contributed by atoms with Crippen LogP contribution in [0.5, 0.6) is 0 Å². The smallest absolute Gasteiger partial charge is 0.187 e. The quantitative estimate of drug-likeness (QED) is 0.597. The van der Waals surface area contributed by atoms with Gasteiger partial charge in [-0.2, -0.15) is 0 Å². The van der Waals surface area contributed by atoms with Gasteiger partial charge in [-0.05, 0) is 0 Å². The second kappa shape index (κ2) is 2.45. The normalized spacial score (nSPS) is 8.89. The molecular weight excluding hydrogens is 140 g/mol. The molecule has 0 unspecified atom stereocenters. The van der Waals surface area contributed by atoms with Crippen molar-refractivity contribution < 1.29 is 9.90 Å². The standard InChI is InChI=1S/C4H4N2O2S/c7-4(8)6-3-5-1-2-9-3/h1-2H,(H,5,6)(H,7,8)/p-1. The summed E-state index contributed by atoms with van der Waals surface area (Å²) in [6, 6.07) is 0. The Morgan fingerprint density at radius 2 is 2.67 bits per heavy atom. The summed E-state index contributed by atoms with van der Waals surface area (Å²) in [5.74, 6) is 0. The fourth-order valence-corrected chi connectivity index (χ4v) is 0.887. The molecule has 0 saturated carbocycles. The number of carbonyl (C=O) groups excluding carboxylic acids is 1. The number of aromatic nitrogens is 1. The van der Waals surface area contributed by atoms with Crippen molar-refractivity contribution in [1.29, 1.82) is 0 Å². The summed E-state index contributed by atoms with van der Waals surface area (Å²) in [6.07, 6.45) is 0.181. The molecule has 0 aromatic carbocycles. The van der Waals surface area contributed by atoms with Gasteiger partial charge >= 0.3 is 0 Å². The molecular formula is C4H3N2O2S-. The van der Waals surface area contributed by atoms with Crippen LogP contribution >= 0.6 is 11.3 Å². The lowest BCUT2D eigenvalue weighted by Crippen LogP contribution is -2.28. The topological polar surface area (TPSA) is 65.0 Å². The summed E-state index contributed by atoms with van der Waals surface area (Å²) in [4.78, 5) is 13.5. The van der Waals surface area contributed by atoms with Crippen molar-refractivity contribution in [3.05, 3.63) is 11.6 Å². The van der Waals surface area contributed by atoms with Crippen molar-refractivity contribution >= 4 is 22.6 Å². The van der Waals surface area contributed by atoms with E-state index >= 15 is 0 Å². The molecule has 0 aliphatic carbocycles. The van der Waals surface area contributed by atoms with Crippen molar-refractivity contribution in [2.24, 2.45) is 0 Å². The molecule has 1 heterocycles. The number of anilines is 1. The van der Waals surface area contributed by atoms with Crippen LogP contribution in [0, 0.1) is 0 Å². The SMILES string of the molecule is O=C([O-])Nc1nccs1. The number of thiazole rings is 1. The molecule has 0 saturated heterocycles. The minimum atomic E-state index is -1.33. The van der Waals surface area contributed by atoms with E-state index in [1.807, 2.05) is 5.32 Å². The molecule has 0 aliphatic heterocycles. The lowest BCUT2D eigenvalue weighted by Gasteiger charge is -1.98. The van der Waals surface area contributed by atoms with Crippen LogP contribution < -0.4 is 10.4 Å². The number of hydrogen-bond acceptors (Lipinski definition) is 4. The molecule has 1 aromatic heterocycles. The molecule has 1 rings (SSSR count). The molecule has 9 heavy (non-hydrogen) atoms. The predicted octanol–water partition coefficient (Wildman–Crippen LogP) is -0.102. The highest BCUT2D eigenvalue weighted by molar-refractivity contribution is 7.13. The monoisotopic (exact) mass is 143 g/mol. The molecule has 1 amide bonds. The number of nitrogens with zero attached hydrogens (tertiary/aromatic N) is 1. The summed E-state index contributed by atoms with van der Waals surface area (Å²) >= 11 is 1.21. The van der Waals surface area contributed by atoms with Crippen LogP contribution in [0.2, 0.25) is 0 Å². The first-order valence-corrected chi connectivity index (χ1v) is 3.04. The lowest BCUT2D eigenvalue weighted by molar-refractivity contribution is -0.242. The third-order valence-electron chi connectivity index (χ3n) is 0.641. The van der Waals surface area contributed by atoms with Crippen LogP contribution in [0.25, 0.3) is 0 Å². The van der Waals surface area contributed by atoms with Gasteiger partial charge < -0.3 is 15.2 Å². The van der Waals surface area contributed by atoms with Gasteiger partial charge in [-0.1, -0.05) is 0 Å². The van der Waals surface area contributed by atoms with Crippen LogP contribution in [0.4, 0.5) is 9.93 Å². The highest BCUT2D eigenvalue weighted by Gasteiger charge is 1.89. The van der Waals surface area contributed by atoms with E-state index in [2.05, 4.69) is 4.98 Å². The number of hydrogen-bond donors (Lipinski definition) is 1. The Hall–Kier alpha value is -1.10. The Bertz CT molecular complexity index is 196. The van der Waals surface area contributed by atoms with E-state index in [1.54, 1.807) is 5.38 Å². The zero-order valence-electron chi connectivity index (χ0n) is 4.33. The summed E-state index contributed by atoms with van der Waals surface area (Å²) in [6.45, 7) is 0. The summed E-state index contributed by atoms with van der Waals surface area (Å²) in [5, 5.41) is 13.8. The zero-order valence-corrected chi connectivity index (χ0v) is 5.14. The van der Waals surface area contributed by atoms with E-state index in [0.29, 0.717) is 5.13 Å². The van der Waals surface area contributed by atoms with E-state index in [-0.39, 0.29) is 0 Å². The molecule has 4 nitrogen and oxygen atoms in total. The van der Waals surface area contributed by atoms with Crippen LogP contribution in [0.3, 0.4) is 0 Å². The van der Waals surface area contributed by atoms with Crippen LogP contribution in [-0.2, 0) is 0 Å². The van der Waals surface area contributed by atoms with Gasteiger partial charge in [0.1, 0.15) is 6.09 Å². The molecule has 0 fully saturated rings. The maximum Gasteiger partial charge on any atom is 0.187 e. The molecule has 0 spiro atoms. The van der Waals surface area contributed by atoms with E-state index in [0.717, 1.165) is 0 Å². The lowest BCUT2D eigenvalue weighted by atomic mass is 11.0. The number of nitrogens with one attached hydrogen (secondary N) is 1. The fraction of sp³-hybridized carbons (Fsp3) is 0. The molecule has 48 valence electrons. The first-order valence-electron chi connectivity index (χ1n) is 2.16. The second-order valence-electron chi connectivity index (χ2n) is 1.25. The van der Waals surface area contributed by atoms with E-state index in [4.69, 9.17) is 0 Å². The van der Waals surface area contributed by atoms with Crippen LogP contribution in [0.15, 0.2) is 11.6 Å². The second-order valence-corrected chi connectivity index (χ2v) is 2.14. The Kier molecular flexibility index (Phi) is 1.64. The van der Waals surface area contributed by atoms with Gasteiger partial charge in [-0.3, -0.25) is 0 Å². The average Bonchev–Trinajstić information content (AvgIpc) is 2.15. The average molecular weight is 143 g/mol. The highest BCUT2D eigenvalue weighted by atomic mass is 32.1. The van der Waals surface area contributed by atoms with Gasteiger partial charge in [0.2, 0.25) is 0 Å². The number of carbonyl (C=O) groups is 1. The fourth-order valence-electron chi connectivity index (χ4n) is 0.372. The maximum atomic E-state index is 9.81. The Morgan fingerprint density at radius 3 is 3.11 bits per heavy atom. The Labute approximate surface area is 55.2 Å². The number of carboxylic acid groups (broad SMARTS) is 1. The van der Waals surface area contributed by atoms with E-state index in [9.17, 15) is 9.90 Å². The molecule has 0 radical (unpaired) electrons. The van der Waals surface area contributed by atoms with Gasteiger partial charge in [0.25, 0.3) is 0 Å². The van der Waals surface area contributed by atoms with Crippen molar-refractivity contribution in [3.63, 3.8) is 0 Å². The summed E-state index contributed by atoms with van der Waals surface area (Å²) in [7, 11) is 0. The molecule has 0 aliphatic rings.